The van der Waals surface area contributed by atoms with E-state index < -0.39 is 6.61 Å². The molecule has 0 amide bonds. The molecule has 6 heteroatoms. The summed E-state index contributed by atoms with van der Waals surface area (Å²) < 4.78 is 33.0. The van der Waals surface area contributed by atoms with E-state index in [1.54, 1.807) is 12.1 Å². The summed E-state index contributed by atoms with van der Waals surface area (Å²) in [6.45, 7) is 4.37. The van der Waals surface area contributed by atoms with Gasteiger partial charge in [-0.2, -0.15) is 8.78 Å². The molecule has 0 bridgehead atoms. The normalized spacial score (nSPS) is 14.7. The van der Waals surface area contributed by atoms with E-state index in [0.717, 1.165) is 79.9 Å². The number of halogens is 2. The van der Waals surface area contributed by atoms with Crippen LogP contribution in [0.3, 0.4) is 0 Å². The molecule has 3 aromatic carbocycles. The van der Waals surface area contributed by atoms with E-state index in [9.17, 15) is 8.78 Å². The number of ether oxygens (including phenoxy) is 1. The Labute approximate surface area is 268 Å². The Balaban J connectivity index is 1.65. The highest BCUT2D eigenvalue weighted by molar-refractivity contribution is 5.69. The second kappa shape index (κ2) is 16.7. The Morgan fingerprint density at radius 1 is 0.822 bits per heavy atom. The van der Waals surface area contributed by atoms with Crippen LogP contribution in [0.1, 0.15) is 95.4 Å². The summed E-state index contributed by atoms with van der Waals surface area (Å²) in [5.74, 6) is 1.88. The lowest BCUT2D eigenvalue weighted by molar-refractivity contribution is -0.0498. The van der Waals surface area contributed by atoms with Crippen LogP contribution >= 0.6 is 0 Å². The molecule has 1 aromatic heterocycles. The van der Waals surface area contributed by atoms with Crippen LogP contribution in [0.15, 0.2) is 84.9 Å². The van der Waals surface area contributed by atoms with Gasteiger partial charge in [-0.25, -0.2) is 4.98 Å². The van der Waals surface area contributed by atoms with Gasteiger partial charge in [0.1, 0.15) is 11.6 Å². The predicted octanol–water partition coefficient (Wildman–Crippen LogP) is 10.9. The molecule has 1 unspecified atom stereocenters. The van der Waals surface area contributed by atoms with Crippen LogP contribution in [0, 0.1) is 5.92 Å². The molecule has 0 N–H and O–H groups in total. The number of aromatic nitrogens is 2. The molecule has 1 aliphatic rings. The molecule has 0 spiro atoms. The van der Waals surface area contributed by atoms with Crippen molar-refractivity contribution in [2.24, 2.45) is 5.92 Å². The summed E-state index contributed by atoms with van der Waals surface area (Å²) in [4.78, 5) is 8.15. The second-order valence-electron chi connectivity index (χ2n) is 12.5. The van der Waals surface area contributed by atoms with E-state index in [-0.39, 0.29) is 11.8 Å². The third kappa shape index (κ3) is 8.82. The number of hydrogen-bond acceptors (Lipinski definition) is 3. The first-order chi connectivity index (χ1) is 22.1. The third-order valence-corrected chi connectivity index (χ3v) is 9.16. The largest absolute Gasteiger partial charge is 0.435 e. The first-order valence-corrected chi connectivity index (χ1v) is 17.1. The molecule has 4 nitrogen and oxygen atoms in total. The van der Waals surface area contributed by atoms with Crippen molar-refractivity contribution in [3.05, 3.63) is 96.2 Å². The highest BCUT2D eigenvalue weighted by Gasteiger charge is 2.32. The Hall–Kier alpha value is -3.51. The molecule has 1 aliphatic carbocycles. The van der Waals surface area contributed by atoms with Crippen molar-refractivity contribution in [1.82, 2.24) is 14.5 Å². The van der Waals surface area contributed by atoms with Crippen LogP contribution in [-0.2, 0) is 13.1 Å². The van der Waals surface area contributed by atoms with Crippen molar-refractivity contribution in [2.45, 2.75) is 104 Å². The number of hydrogen-bond donors (Lipinski definition) is 0. The van der Waals surface area contributed by atoms with Crippen LogP contribution in [0.5, 0.6) is 5.75 Å². The van der Waals surface area contributed by atoms with E-state index in [1.807, 2.05) is 12.1 Å². The minimum absolute atomic E-state index is 0.154. The zero-order valence-corrected chi connectivity index (χ0v) is 27.0. The average Bonchev–Trinajstić information content (AvgIpc) is 3.45. The van der Waals surface area contributed by atoms with Crippen molar-refractivity contribution in [1.29, 1.82) is 0 Å². The summed E-state index contributed by atoms with van der Waals surface area (Å²) >= 11 is 0. The molecular weight excluding hydrogens is 564 g/mol. The Morgan fingerprint density at radius 2 is 1.47 bits per heavy atom. The van der Waals surface area contributed by atoms with Crippen LogP contribution in [0.4, 0.5) is 8.78 Å². The Morgan fingerprint density at radius 3 is 2.09 bits per heavy atom. The van der Waals surface area contributed by atoms with Crippen LogP contribution < -0.4 is 4.74 Å². The number of rotatable bonds is 16. The second-order valence-corrected chi connectivity index (χ2v) is 12.5. The smallest absolute Gasteiger partial charge is 0.387 e. The average molecular weight is 614 g/mol. The van der Waals surface area contributed by atoms with Crippen molar-refractivity contribution < 1.29 is 13.5 Å². The molecule has 1 heterocycles. The lowest BCUT2D eigenvalue weighted by Crippen LogP contribution is -2.35. The van der Waals surface area contributed by atoms with E-state index in [1.165, 1.54) is 37.8 Å². The van der Waals surface area contributed by atoms with Gasteiger partial charge in [0.2, 0.25) is 0 Å². The summed E-state index contributed by atoms with van der Waals surface area (Å²) in [6, 6.07) is 28.7. The van der Waals surface area contributed by atoms with Crippen LogP contribution in [-0.4, -0.2) is 27.6 Å². The van der Waals surface area contributed by atoms with Gasteiger partial charge in [-0.15, -0.1) is 0 Å². The van der Waals surface area contributed by atoms with Gasteiger partial charge >= 0.3 is 6.61 Å². The van der Waals surface area contributed by atoms with E-state index in [4.69, 9.17) is 4.98 Å². The molecular formula is C39H49F2N3O. The third-order valence-electron chi connectivity index (χ3n) is 9.16. The number of nitrogens with zero attached hydrogens (tertiary/aromatic N) is 3. The topological polar surface area (TPSA) is 30.3 Å². The fourth-order valence-corrected chi connectivity index (χ4v) is 6.87. The van der Waals surface area contributed by atoms with Gasteiger partial charge in [0.05, 0.1) is 17.4 Å². The summed E-state index contributed by atoms with van der Waals surface area (Å²) in [6.07, 6.45) is 11.9. The zero-order chi connectivity index (χ0) is 31.4. The molecule has 0 saturated heterocycles. The molecule has 240 valence electrons. The fraction of sp³-hybridized carbons (Fsp3) is 0.462. The van der Waals surface area contributed by atoms with Gasteiger partial charge in [0.25, 0.3) is 0 Å². The molecule has 1 fully saturated rings. The van der Waals surface area contributed by atoms with Gasteiger partial charge in [-0.3, -0.25) is 4.90 Å². The number of benzene rings is 3. The van der Waals surface area contributed by atoms with E-state index in [0.29, 0.717) is 5.92 Å². The van der Waals surface area contributed by atoms with Crippen molar-refractivity contribution in [3.8, 4) is 28.4 Å². The molecule has 1 saturated carbocycles. The van der Waals surface area contributed by atoms with Gasteiger partial charge in [0, 0.05) is 30.8 Å². The Kier molecular flexibility index (Phi) is 12.2. The molecule has 5 rings (SSSR count). The molecule has 1 atom stereocenters. The summed E-state index contributed by atoms with van der Waals surface area (Å²) in [7, 11) is 0. The SMILES string of the molecule is CCCCC(c1c(-c2ccccc2)nc(-c2ccccc2)n1CCCC)N(Cc1ccc(OC(F)F)cc1)CC1CCCCC1. The number of imidazole rings is 1. The number of unbranched alkanes of at least 4 members (excludes halogenated alkanes) is 2. The van der Waals surface area contributed by atoms with Gasteiger partial charge in [0.15, 0.2) is 0 Å². The fourth-order valence-electron chi connectivity index (χ4n) is 6.87. The minimum atomic E-state index is -2.82. The molecule has 45 heavy (non-hydrogen) atoms. The van der Waals surface area contributed by atoms with Crippen molar-refractivity contribution in [3.63, 3.8) is 0 Å². The molecule has 4 aromatic rings. The van der Waals surface area contributed by atoms with Crippen molar-refractivity contribution >= 4 is 0 Å². The first-order valence-electron chi connectivity index (χ1n) is 17.1. The predicted molar refractivity (Wildman–Crippen MR) is 180 cm³/mol. The lowest BCUT2D eigenvalue weighted by Gasteiger charge is -2.37. The maximum absolute atomic E-state index is 12.9. The quantitative estimate of drug-likeness (QED) is 0.126. The molecule has 0 aliphatic heterocycles. The highest BCUT2D eigenvalue weighted by Crippen LogP contribution is 2.40. The maximum atomic E-state index is 12.9. The van der Waals surface area contributed by atoms with E-state index >= 15 is 0 Å². The standard InChI is InChI=1S/C39H49F2N3O/c1-3-5-22-35(43(28-30-16-10-7-11-17-30)29-31-23-25-34(26-24-31)45-39(40)41)37-36(32-18-12-8-13-19-32)42-38(44(37)27-6-4-2)33-20-14-9-15-21-33/h8-9,12-15,18-21,23-26,30,35,39H,3-7,10-11,16-17,22,27-29H2,1-2H3. The zero-order valence-electron chi connectivity index (χ0n) is 27.0. The highest BCUT2D eigenvalue weighted by atomic mass is 19.3. The Bertz CT molecular complexity index is 1420. The minimum Gasteiger partial charge on any atom is -0.435 e. The van der Waals surface area contributed by atoms with Gasteiger partial charge in [-0.05, 0) is 49.3 Å². The van der Waals surface area contributed by atoms with Gasteiger partial charge in [-0.1, -0.05) is 125 Å². The molecule has 0 radical (unpaired) electrons. The lowest BCUT2D eigenvalue weighted by atomic mass is 9.88. The number of alkyl halides is 2. The summed E-state index contributed by atoms with van der Waals surface area (Å²) in [5.41, 5.74) is 5.77. The van der Waals surface area contributed by atoms with Gasteiger partial charge < -0.3 is 9.30 Å². The monoisotopic (exact) mass is 613 g/mol. The summed E-state index contributed by atoms with van der Waals surface area (Å²) in [5, 5.41) is 0. The first kappa shape index (κ1) is 32.9. The van der Waals surface area contributed by atoms with Crippen LogP contribution in [0.25, 0.3) is 22.6 Å². The van der Waals surface area contributed by atoms with E-state index in [2.05, 4.69) is 88.7 Å². The van der Waals surface area contributed by atoms with Crippen molar-refractivity contribution in [2.75, 3.05) is 6.54 Å². The maximum Gasteiger partial charge on any atom is 0.387 e. The van der Waals surface area contributed by atoms with Crippen LogP contribution in [0.2, 0.25) is 0 Å².